The third-order valence-electron chi connectivity index (χ3n) is 10.2. The van der Waals surface area contributed by atoms with Crippen LogP contribution >= 0.6 is 0 Å². The van der Waals surface area contributed by atoms with Gasteiger partial charge in [0, 0.05) is 21.9 Å². The maximum atomic E-state index is 6.57. The summed E-state index contributed by atoms with van der Waals surface area (Å²) in [5.41, 5.74) is 11.6. The zero-order valence-corrected chi connectivity index (χ0v) is 28.3. The highest BCUT2D eigenvalue weighted by molar-refractivity contribution is 6.24. The number of aliphatic imine (C=N–C) groups is 3. The van der Waals surface area contributed by atoms with Gasteiger partial charge in [-0.25, -0.2) is 9.98 Å². The van der Waals surface area contributed by atoms with Crippen molar-refractivity contribution in [3.8, 4) is 33.4 Å². The molecule has 0 unspecified atom stereocenters. The lowest BCUT2D eigenvalue weighted by Crippen LogP contribution is -2.06. The van der Waals surface area contributed by atoms with E-state index in [-0.39, 0.29) is 0 Å². The summed E-state index contributed by atoms with van der Waals surface area (Å²) in [4.78, 5) is 15.0. The van der Waals surface area contributed by atoms with Crippen molar-refractivity contribution in [1.29, 1.82) is 0 Å². The smallest absolute Gasteiger partial charge is 0.161 e. The Morgan fingerprint density at radius 2 is 1.19 bits per heavy atom. The summed E-state index contributed by atoms with van der Waals surface area (Å²) >= 11 is 0. The normalized spacial score (nSPS) is 12.6. The Balaban J connectivity index is 1.20. The van der Waals surface area contributed by atoms with Crippen molar-refractivity contribution in [1.82, 2.24) is 0 Å². The standard InChI is InChI=1S/C48H31N3O/c1-49-48(51-47(50-29-30-12-3-2-4-13-30)33-23-22-31-14-5-6-15-32(31)26-33)42-27-34(28-44-46(42)41-18-9-10-21-43(41)52-44)35-24-25-40-37-17-8-7-16-36(37)39-20-11-19-38(35)45(39)40/h2-28H,1,29H2. The molecule has 244 valence electrons. The highest BCUT2D eigenvalue weighted by Gasteiger charge is 2.24. The molecule has 0 amide bonds. The molecule has 0 aliphatic heterocycles. The average Bonchev–Trinajstić information content (AvgIpc) is 3.75. The summed E-state index contributed by atoms with van der Waals surface area (Å²) in [5, 5.41) is 6.70. The van der Waals surface area contributed by atoms with Crippen molar-refractivity contribution in [2.75, 3.05) is 0 Å². The van der Waals surface area contributed by atoms with Gasteiger partial charge in [0.15, 0.2) is 11.7 Å². The van der Waals surface area contributed by atoms with E-state index >= 15 is 0 Å². The van der Waals surface area contributed by atoms with Crippen molar-refractivity contribution < 1.29 is 4.42 Å². The van der Waals surface area contributed by atoms with Crippen LogP contribution in [0.3, 0.4) is 0 Å². The van der Waals surface area contributed by atoms with E-state index in [1.807, 2.05) is 36.4 Å². The minimum Gasteiger partial charge on any atom is -0.456 e. The maximum Gasteiger partial charge on any atom is 0.161 e. The molecular weight excluding hydrogens is 635 g/mol. The van der Waals surface area contributed by atoms with Crippen LogP contribution in [-0.2, 0) is 6.54 Å². The highest BCUT2D eigenvalue weighted by atomic mass is 16.3. The lowest BCUT2D eigenvalue weighted by molar-refractivity contribution is 0.669. The summed E-state index contributed by atoms with van der Waals surface area (Å²) in [7, 11) is 0. The molecule has 52 heavy (non-hydrogen) atoms. The molecule has 0 saturated heterocycles. The number of amidine groups is 2. The Morgan fingerprint density at radius 1 is 0.500 bits per heavy atom. The predicted octanol–water partition coefficient (Wildman–Crippen LogP) is 12.3. The third kappa shape index (κ3) is 4.88. The second kappa shape index (κ2) is 12.1. The van der Waals surface area contributed by atoms with E-state index in [1.165, 1.54) is 33.0 Å². The predicted molar refractivity (Wildman–Crippen MR) is 218 cm³/mol. The van der Waals surface area contributed by atoms with Crippen LogP contribution in [0.2, 0.25) is 0 Å². The fourth-order valence-corrected chi connectivity index (χ4v) is 7.80. The fourth-order valence-electron chi connectivity index (χ4n) is 7.80. The summed E-state index contributed by atoms with van der Waals surface area (Å²) in [5.74, 6) is 1.07. The average molecular weight is 666 g/mol. The number of para-hydroxylation sites is 1. The minimum absolute atomic E-state index is 0.476. The zero-order chi connectivity index (χ0) is 34.6. The Labute approximate surface area is 300 Å². The van der Waals surface area contributed by atoms with E-state index in [4.69, 9.17) is 14.4 Å². The molecule has 4 nitrogen and oxygen atoms in total. The number of hydrogen-bond donors (Lipinski definition) is 0. The van der Waals surface area contributed by atoms with E-state index in [1.54, 1.807) is 0 Å². The van der Waals surface area contributed by atoms with Crippen molar-refractivity contribution in [3.63, 3.8) is 0 Å². The van der Waals surface area contributed by atoms with E-state index in [0.29, 0.717) is 18.2 Å². The first-order chi connectivity index (χ1) is 25.7. The first-order valence-corrected chi connectivity index (χ1v) is 17.5. The molecule has 9 aromatic rings. The molecule has 1 aromatic heterocycles. The van der Waals surface area contributed by atoms with Gasteiger partial charge in [-0.2, -0.15) is 0 Å². The second-order valence-corrected chi connectivity index (χ2v) is 13.2. The Bertz CT molecular complexity index is 2920. The molecule has 0 saturated carbocycles. The molecule has 0 atom stereocenters. The van der Waals surface area contributed by atoms with Gasteiger partial charge < -0.3 is 4.42 Å². The van der Waals surface area contributed by atoms with Gasteiger partial charge in [-0.05, 0) is 91.5 Å². The fraction of sp³-hybridized carbons (Fsp3) is 0.0208. The first kappa shape index (κ1) is 30.0. The van der Waals surface area contributed by atoms with Crippen molar-refractivity contribution in [2.45, 2.75) is 6.54 Å². The summed E-state index contributed by atoms with van der Waals surface area (Å²) in [6.07, 6.45) is 0. The van der Waals surface area contributed by atoms with Crippen LogP contribution in [0.1, 0.15) is 16.7 Å². The number of nitrogens with zero attached hydrogens (tertiary/aromatic N) is 3. The van der Waals surface area contributed by atoms with E-state index in [2.05, 4.69) is 139 Å². The van der Waals surface area contributed by atoms with Crippen LogP contribution in [0.5, 0.6) is 0 Å². The number of hydrogen-bond acceptors (Lipinski definition) is 2. The Kier molecular flexibility index (Phi) is 7.00. The van der Waals surface area contributed by atoms with Crippen molar-refractivity contribution >= 4 is 61.9 Å². The van der Waals surface area contributed by atoms with Gasteiger partial charge in [0.05, 0.1) is 6.54 Å². The van der Waals surface area contributed by atoms with E-state index in [0.717, 1.165) is 60.5 Å². The summed E-state index contributed by atoms with van der Waals surface area (Å²) < 4.78 is 6.57. The SMILES string of the molecule is C=NC(=NC(=NCc1ccccc1)c1ccc2ccccc2c1)c1cc(-c2ccc3c4c(cccc24)-c2ccccc2-3)cc2oc3ccccc3c12. The molecule has 1 aliphatic rings. The third-order valence-corrected chi connectivity index (χ3v) is 10.2. The molecular formula is C48H31N3O. The Morgan fingerprint density at radius 3 is 2.04 bits per heavy atom. The van der Waals surface area contributed by atoms with Gasteiger partial charge in [-0.1, -0.05) is 140 Å². The molecule has 0 bridgehead atoms. The number of rotatable bonds is 5. The lowest BCUT2D eigenvalue weighted by atomic mass is 9.92. The second-order valence-electron chi connectivity index (χ2n) is 13.2. The zero-order valence-electron chi connectivity index (χ0n) is 28.3. The molecule has 10 rings (SSSR count). The molecule has 8 aromatic carbocycles. The molecule has 0 radical (unpaired) electrons. The molecule has 0 N–H and O–H groups in total. The van der Waals surface area contributed by atoms with Gasteiger partial charge in [0.1, 0.15) is 11.2 Å². The van der Waals surface area contributed by atoms with E-state index in [9.17, 15) is 0 Å². The van der Waals surface area contributed by atoms with Crippen molar-refractivity contribution in [3.05, 3.63) is 180 Å². The molecule has 0 fully saturated rings. The van der Waals surface area contributed by atoms with Crippen LogP contribution in [0.25, 0.3) is 76.9 Å². The Hall–Kier alpha value is -6.91. The van der Waals surface area contributed by atoms with E-state index < -0.39 is 0 Å². The summed E-state index contributed by atoms with van der Waals surface area (Å²) in [6.45, 7) is 4.54. The van der Waals surface area contributed by atoms with Crippen LogP contribution in [0, 0.1) is 0 Å². The quantitative estimate of drug-likeness (QED) is 0.133. The largest absolute Gasteiger partial charge is 0.456 e. The molecule has 4 heteroatoms. The van der Waals surface area contributed by atoms with Gasteiger partial charge >= 0.3 is 0 Å². The summed E-state index contributed by atoms with van der Waals surface area (Å²) in [6, 6.07) is 57.2. The van der Waals surface area contributed by atoms with Gasteiger partial charge in [-0.15, -0.1) is 0 Å². The molecule has 1 aliphatic carbocycles. The topological polar surface area (TPSA) is 50.2 Å². The first-order valence-electron chi connectivity index (χ1n) is 17.5. The van der Waals surface area contributed by atoms with Crippen LogP contribution < -0.4 is 0 Å². The molecule has 1 heterocycles. The minimum atomic E-state index is 0.476. The van der Waals surface area contributed by atoms with Gasteiger partial charge in [-0.3, -0.25) is 4.99 Å². The van der Waals surface area contributed by atoms with Crippen LogP contribution in [0.15, 0.2) is 183 Å². The monoisotopic (exact) mass is 665 g/mol. The maximum absolute atomic E-state index is 6.57. The molecule has 0 spiro atoms. The van der Waals surface area contributed by atoms with Crippen LogP contribution in [-0.4, -0.2) is 18.4 Å². The van der Waals surface area contributed by atoms with Crippen LogP contribution in [0.4, 0.5) is 0 Å². The van der Waals surface area contributed by atoms with Gasteiger partial charge in [0.2, 0.25) is 0 Å². The van der Waals surface area contributed by atoms with Gasteiger partial charge in [0.25, 0.3) is 0 Å². The number of benzene rings is 8. The lowest BCUT2D eigenvalue weighted by Gasteiger charge is -2.13. The van der Waals surface area contributed by atoms with Crippen molar-refractivity contribution in [2.24, 2.45) is 15.0 Å². The number of furan rings is 1. The highest BCUT2D eigenvalue weighted by Crippen LogP contribution is 2.49. The number of fused-ring (bicyclic) bond motifs is 7.